The standard InChI is InChI=1S/C24H31N7O3/c1-2-3-4-19(32)18-11-21(30-23(29-18)34-15-24(14-25)7-8-24)31-9-5-17(6-10-31)13-33-20-12-27-16-28-22(20)26/h11-12,16-17H,2-10,13,15H2,1H3,(H2,26,27,28). The molecule has 180 valence electrons. The number of nitriles is 1. The number of anilines is 2. The molecule has 4 rings (SSSR count). The first kappa shape index (κ1) is 23.7. The van der Waals surface area contributed by atoms with Gasteiger partial charge in [0.25, 0.3) is 0 Å². The molecule has 3 heterocycles. The highest BCUT2D eigenvalue weighted by Crippen LogP contribution is 2.45. The van der Waals surface area contributed by atoms with E-state index in [1.807, 2.05) is 0 Å². The highest BCUT2D eigenvalue weighted by molar-refractivity contribution is 5.94. The van der Waals surface area contributed by atoms with E-state index in [2.05, 4.69) is 37.8 Å². The normalized spacial score (nSPS) is 17.1. The van der Waals surface area contributed by atoms with E-state index in [0.29, 0.717) is 42.0 Å². The van der Waals surface area contributed by atoms with Gasteiger partial charge in [-0.05, 0) is 38.0 Å². The van der Waals surface area contributed by atoms with Gasteiger partial charge in [-0.3, -0.25) is 4.79 Å². The fourth-order valence-electron chi connectivity index (χ4n) is 3.86. The molecule has 2 N–H and O–H groups in total. The molecule has 1 aliphatic heterocycles. The Bertz CT molecular complexity index is 1040. The minimum atomic E-state index is -0.433. The van der Waals surface area contributed by atoms with Crippen LogP contribution in [-0.4, -0.2) is 52.0 Å². The molecule has 34 heavy (non-hydrogen) atoms. The van der Waals surface area contributed by atoms with E-state index < -0.39 is 5.41 Å². The van der Waals surface area contributed by atoms with Gasteiger partial charge in [-0.2, -0.15) is 15.2 Å². The number of hydrogen-bond donors (Lipinski definition) is 1. The van der Waals surface area contributed by atoms with Crippen LogP contribution in [0.4, 0.5) is 11.6 Å². The van der Waals surface area contributed by atoms with Crippen molar-refractivity contribution in [1.82, 2.24) is 19.9 Å². The van der Waals surface area contributed by atoms with Crippen LogP contribution in [0, 0.1) is 22.7 Å². The number of piperidine rings is 1. The third kappa shape index (κ3) is 5.90. The predicted octanol–water partition coefficient (Wildman–Crippen LogP) is 3.20. The number of Topliss-reactive ketones (excluding diaryl/α,β-unsaturated/α-hetero) is 1. The lowest BCUT2D eigenvalue weighted by Crippen LogP contribution is -2.36. The van der Waals surface area contributed by atoms with Gasteiger partial charge in [0.15, 0.2) is 17.4 Å². The average Bonchev–Trinajstić information content (AvgIpc) is 3.66. The first-order chi connectivity index (χ1) is 16.5. The van der Waals surface area contributed by atoms with Gasteiger partial charge in [-0.15, -0.1) is 0 Å². The molecule has 1 aliphatic carbocycles. The van der Waals surface area contributed by atoms with Gasteiger partial charge in [0.2, 0.25) is 0 Å². The van der Waals surface area contributed by atoms with Crippen molar-refractivity contribution in [2.45, 2.75) is 51.9 Å². The molecule has 2 aromatic heterocycles. The number of carbonyl (C=O) groups is 1. The Labute approximate surface area is 199 Å². The zero-order valence-electron chi connectivity index (χ0n) is 19.6. The smallest absolute Gasteiger partial charge is 0.319 e. The van der Waals surface area contributed by atoms with Crippen LogP contribution in [0.5, 0.6) is 11.8 Å². The quantitative estimate of drug-likeness (QED) is 0.492. The van der Waals surface area contributed by atoms with Gasteiger partial charge in [-0.1, -0.05) is 13.3 Å². The van der Waals surface area contributed by atoms with Crippen molar-refractivity contribution in [1.29, 1.82) is 5.26 Å². The maximum atomic E-state index is 12.7. The SMILES string of the molecule is CCCCC(=O)c1cc(N2CCC(COc3cncnc3N)CC2)nc(OCC2(C#N)CC2)n1. The van der Waals surface area contributed by atoms with Crippen LogP contribution in [0.3, 0.4) is 0 Å². The van der Waals surface area contributed by atoms with Crippen molar-refractivity contribution in [3.05, 3.63) is 24.3 Å². The third-order valence-electron chi connectivity index (χ3n) is 6.42. The van der Waals surface area contributed by atoms with Crippen LogP contribution in [0.25, 0.3) is 0 Å². The maximum absolute atomic E-state index is 12.7. The zero-order valence-corrected chi connectivity index (χ0v) is 19.6. The second-order valence-corrected chi connectivity index (χ2v) is 9.12. The number of ether oxygens (including phenoxy) is 2. The number of ketones is 1. The molecule has 2 aliphatic rings. The van der Waals surface area contributed by atoms with Gasteiger partial charge < -0.3 is 20.1 Å². The summed E-state index contributed by atoms with van der Waals surface area (Å²) in [5, 5.41) is 9.33. The Morgan fingerprint density at radius 3 is 2.76 bits per heavy atom. The summed E-state index contributed by atoms with van der Waals surface area (Å²) in [6.45, 7) is 4.39. The Morgan fingerprint density at radius 2 is 2.09 bits per heavy atom. The summed E-state index contributed by atoms with van der Waals surface area (Å²) in [5.41, 5.74) is 5.77. The van der Waals surface area contributed by atoms with Gasteiger partial charge in [0, 0.05) is 25.6 Å². The van der Waals surface area contributed by atoms with Crippen LogP contribution in [-0.2, 0) is 0 Å². The van der Waals surface area contributed by atoms with E-state index in [-0.39, 0.29) is 18.4 Å². The van der Waals surface area contributed by atoms with E-state index >= 15 is 0 Å². The van der Waals surface area contributed by atoms with Crippen molar-refractivity contribution >= 4 is 17.4 Å². The van der Waals surface area contributed by atoms with Gasteiger partial charge >= 0.3 is 6.01 Å². The van der Waals surface area contributed by atoms with Gasteiger partial charge in [0.05, 0.1) is 24.3 Å². The van der Waals surface area contributed by atoms with Gasteiger partial charge in [0.1, 0.15) is 24.4 Å². The fourth-order valence-corrected chi connectivity index (χ4v) is 3.86. The molecule has 0 unspecified atom stereocenters. The molecule has 10 nitrogen and oxygen atoms in total. The molecule has 1 saturated heterocycles. The van der Waals surface area contributed by atoms with Crippen molar-refractivity contribution in [3.63, 3.8) is 0 Å². The second kappa shape index (κ2) is 10.6. The number of nitrogens with two attached hydrogens (primary N) is 1. The van der Waals surface area contributed by atoms with Crippen LogP contribution < -0.4 is 20.1 Å². The lowest BCUT2D eigenvalue weighted by molar-refractivity contribution is 0.0973. The third-order valence-corrected chi connectivity index (χ3v) is 6.42. The molecule has 0 radical (unpaired) electrons. The summed E-state index contributed by atoms with van der Waals surface area (Å²) >= 11 is 0. The number of aromatic nitrogens is 4. The van der Waals surface area contributed by atoms with Crippen molar-refractivity contribution in [3.8, 4) is 17.8 Å². The highest BCUT2D eigenvalue weighted by Gasteiger charge is 2.44. The van der Waals surface area contributed by atoms with Crippen LogP contribution >= 0.6 is 0 Å². The number of nitrogens with zero attached hydrogens (tertiary/aromatic N) is 6. The van der Waals surface area contributed by atoms with E-state index in [4.69, 9.17) is 15.2 Å². The monoisotopic (exact) mass is 465 g/mol. The molecule has 10 heteroatoms. The minimum Gasteiger partial charge on any atom is -0.488 e. The van der Waals surface area contributed by atoms with Crippen molar-refractivity contribution < 1.29 is 14.3 Å². The summed E-state index contributed by atoms with van der Waals surface area (Å²) in [6.07, 6.45) is 8.63. The Hall–Kier alpha value is -3.48. The van der Waals surface area contributed by atoms with E-state index in [1.54, 1.807) is 12.3 Å². The molecule has 2 aromatic rings. The Morgan fingerprint density at radius 1 is 1.29 bits per heavy atom. The molecule has 0 amide bonds. The lowest BCUT2D eigenvalue weighted by Gasteiger charge is -2.32. The predicted molar refractivity (Wildman–Crippen MR) is 126 cm³/mol. The summed E-state index contributed by atoms with van der Waals surface area (Å²) in [6, 6.07) is 4.25. The van der Waals surface area contributed by atoms with Crippen LogP contribution in [0.1, 0.15) is 62.4 Å². The average molecular weight is 466 g/mol. The van der Waals surface area contributed by atoms with Crippen LogP contribution in [0.15, 0.2) is 18.6 Å². The van der Waals surface area contributed by atoms with Crippen LogP contribution in [0.2, 0.25) is 0 Å². The number of nitrogen functional groups attached to an aromatic ring is 1. The molecule has 2 fully saturated rings. The highest BCUT2D eigenvalue weighted by atomic mass is 16.5. The number of hydrogen-bond acceptors (Lipinski definition) is 10. The summed E-state index contributed by atoms with van der Waals surface area (Å²) in [7, 11) is 0. The molecule has 0 bridgehead atoms. The molecule has 0 atom stereocenters. The molecule has 0 aromatic carbocycles. The molecule has 0 spiro atoms. The van der Waals surface area contributed by atoms with Gasteiger partial charge in [-0.25, -0.2) is 9.97 Å². The minimum absolute atomic E-state index is 0.0114. The van der Waals surface area contributed by atoms with E-state index in [9.17, 15) is 10.1 Å². The maximum Gasteiger partial charge on any atom is 0.319 e. The number of carbonyl (C=O) groups excluding carboxylic acids is 1. The fraction of sp³-hybridized carbons (Fsp3) is 0.583. The summed E-state index contributed by atoms with van der Waals surface area (Å²) in [4.78, 5) is 31.7. The number of rotatable bonds is 11. The first-order valence-electron chi connectivity index (χ1n) is 11.9. The second-order valence-electron chi connectivity index (χ2n) is 9.12. The Kier molecular flexibility index (Phi) is 7.40. The topological polar surface area (TPSA) is 140 Å². The largest absolute Gasteiger partial charge is 0.488 e. The zero-order chi connectivity index (χ0) is 24.0. The van der Waals surface area contributed by atoms with E-state index in [1.165, 1.54) is 6.33 Å². The van der Waals surface area contributed by atoms with Crippen molar-refractivity contribution in [2.75, 3.05) is 36.9 Å². The first-order valence-corrected chi connectivity index (χ1v) is 11.9. The van der Waals surface area contributed by atoms with Crippen molar-refractivity contribution in [2.24, 2.45) is 11.3 Å². The molecular weight excluding hydrogens is 434 g/mol. The summed E-state index contributed by atoms with van der Waals surface area (Å²) in [5.74, 6) is 1.88. The number of unbranched alkanes of at least 4 members (excludes halogenated alkanes) is 1. The molecular formula is C24H31N7O3. The summed E-state index contributed by atoms with van der Waals surface area (Å²) < 4.78 is 11.6. The van der Waals surface area contributed by atoms with E-state index in [0.717, 1.165) is 51.6 Å². The molecule has 1 saturated carbocycles. The lowest BCUT2D eigenvalue weighted by atomic mass is 9.98. The Balaban J connectivity index is 1.40.